The van der Waals surface area contributed by atoms with Gasteiger partial charge in [0.05, 0.1) is 11.1 Å². The topological polar surface area (TPSA) is 71.4 Å². The van der Waals surface area contributed by atoms with E-state index in [0.717, 1.165) is 35.5 Å². The first kappa shape index (κ1) is 13.8. The Balaban J connectivity index is 1.56. The molecule has 4 rings (SSSR count). The molecular formula is C17H18N6. The predicted octanol–water partition coefficient (Wildman–Crippen LogP) is 2.81. The molecule has 0 unspecified atom stereocenters. The zero-order chi connectivity index (χ0) is 15.8. The molecule has 6 heteroatoms. The Morgan fingerprint density at radius 2 is 2.09 bits per heavy atom. The average molecular weight is 306 g/mol. The number of anilines is 1. The van der Waals surface area contributed by atoms with E-state index in [0.29, 0.717) is 0 Å². The van der Waals surface area contributed by atoms with Gasteiger partial charge in [-0.05, 0) is 25.0 Å². The molecule has 0 atom stereocenters. The number of para-hydroxylation sites is 1. The van der Waals surface area contributed by atoms with Crippen LogP contribution in [0.3, 0.4) is 0 Å². The highest BCUT2D eigenvalue weighted by atomic mass is 15.3. The van der Waals surface area contributed by atoms with Crippen LogP contribution in [0.4, 0.5) is 5.82 Å². The Labute approximate surface area is 133 Å². The highest BCUT2D eigenvalue weighted by Gasteiger charge is 2.12. The molecule has 0 aliphatic carbocycles. The number of hydrogen-bond acceptors (Lipinski definition) is 4. The number of aryl methyl sites for hydroxylation is 2. The van der Waals surface area contributed by atoms with Crippen LogP contribution in [0.5, 0.6) is 0 Å². The van der Waals surface area contributed by atoms with Crippen LogP contribution < -0.4 is 5.32 Å². The third-order valence-corrected chi connectivity index (χ3v) is 4.16. The fourth-order valence-electron chi connectivity index (χ4n) is 3.07. The SMILES string of the molecule is Cc1nn(C)c2ncnc(NCCc3c[nH]c4ccccc34)c12. The zero-order valence-electron chi connectivity index (χ0n) is 13.2. The van der Waals surface area contributed by atoms with Crippen LogP contribution >= 0.6 is 0 Å². The second kappa shape index (κ2) is 5.39. The van der Waals surface area contributed by atoms with Crippen molar-refractivity contribution >= 4 is 27.8 Å². The lowest BCUT2D eigenvalue weighted by molar-refractivity contribution is 0.773. The zero-order valence-corrected chi connectivity index (χ0v) is 13.2. The molecule has 3 aromatic heterocycles. The van der Waals surface area contributed by atoms with Gasteiger partial charge < -0.3 is 10.3 Å². The first-order valence-corrected chi connectivity index (χ1v) is 7.67. The number of H-pyrrole nitrogens is 1. The van der Waals surface area contributed by atoms with Crippen molar-refractivity contribution in [2.45, 2.75) is 13.3 Å². The maximum atomic E-state index is 4.42. The van der Waals surface area contributed by atoms with Crippen LogP contribution in [0.15, 0.2) is 36.8 Å². The van der Waals surface area contributed by atoms with Crippen LogP contribution in [0, 0.1) is 6.92 Å². The number of benzene rings is 1. The Morgan fingerprint density at radius 1 is 1.22 bits per heavy atom. The number of fused-ring (bicyclic) bond motifs is 2. The summed E-state index contributed by atoms with van der Waals surface area (Å²) in [7, 11) is 1.90. The van der Waals surface area contributed by atoms with E-state index in [2.05, 4.69) is 49.8 Å². The second-order valence-electron chi connectivity index (χ2n) is 5.67. The Kier molecular flexibility index (Phi) is 3.22. The fraction of sp³-hybridized carbons (Fsp3) is 0.235. The summed E-state index contributed by atoms with van der Waals surface area (Å²) in [5.74, 6) is 0.848. The summed E-state index contributed by atoms with van der Waals surface area (Å²) in [6.07, 6.45) is 4.59. The number of aromatic amines is 1. The van der Waals surface area contributed by atoms with E-state index in [-0.39, 0.29) is 0 Å². The van der Waals surface area contributed by atoms with Crippen molar-refractivity contribution in [3.05, 3.63) is 48.0 Å². The highest BCUT2D eigenvalue weighted by molar-refractivity contribution is 5.89. The Bertz CT molecular complexity index is 981. The van der Waals surface area contributed by atoms with Crippen molar-refractivity contribution in [1.29, 1.82) is 0 Å². The summed E-state index contributed by atoms with van der Waals surface area (Å²) in [6, 6.07) is 8.36. The van der Waals surface area contributed by atoms with Crippen molar-refractivity contribution in [3.63, 3.8) is 0 Å². The molecule has 3 heterocycles. The molecule has 0 radical (unpaired) electrons. The third-order valence-electron chi connectivity index (χ3n) is 4.16. The van der Waals surface area contributed by atoms with Gasteiger partial charge in [0.25, 0.3) is 0 Å². The molecule has 0 fully saturated rings. The highest BCUT2D eigenvalue weighted by Crippen LogP contribution is 2.22. The van der Waals surface area contributed by atoms with E-state index in [1.165, 1.54) is 16.5 Å². The summed E-state index contributed by atoms with van der Waals surface area (Å²) in [4.78, 5) is 12.0. The molecule has 0 saturated heterocycles. The van der Waals surface area contributed by atoms with Gasteiger partial charge in [-0.25, -0.2) is 9.97 Å². The first-order valence-electron chi connectivity index (χ1n) is 7.67. The quantitative estimate of drug-likeness (QED) is 0.608. The summed E-state index contributed by atoms with van der Waals surface area (Å²) >= 11 is 0. The molecule has 23 heavy (non-hydrogen) atoms. The van der Waals surface area contributed by atoms with Crippen LogP contribution in [-0.2, 0) is 13.5 Å². The molecule has 0 aliphatic rings. The number of hydrogen-bond donors (Lipinski definition) is 2. The van der Waals surface area contributed by atoms with Crippen molar-refractivity contribution in [2.24, 2.45) is 7.05 Å². The van der Waals surface area contributed by atoms with Crippen molar-refractivity contribution in [1.82, 2.24) is 24.7 Å². The lowest BCUT2D eigenvalue weighted by atomic mass is 10.1. The minimum absolute atomic E-state index is 0.808. The van der Waals surface area contributed by atoms with Gasteiger partial charge in [0.2, 0.25) is 0 Å². The van der Waals surface area contributed by atoms with Gasteiger partial charge >= 0.3 is 0 Å². The molecule has 0 saturated carbocycles. The molecule has 1 aromatic carbocycles. The molecule has 0 amide bonds. The number of rotatable bonds is 4. The number of nitrogens with zero attached hydrogens (tertiary/aromatic N) is 4. The van der Waals surface area contributed by atoms with E-state index in [4.69, 9.17) is 0 Å². The van der Waals surface area contributed by atoms with E-state index >= 15 is 0 Å². The maximum absolute atomic E-state index is 4.42. The average Bonchev–Trinajstić information content (AvgIpc) is 3.10. The molecule has 4 aromatic rings. The fourth-order valence-corrected chi connectivity index (χ4v) is 3.07. The van der Waals surface area contributed by atoms with Crippen LogP contribution in [0.1, 0.15) is 11.3 Å². The largest absolute Gasteiger partial charge is 0.369 e. The second-order valence-corrected chi connectivity index (χ2v) is 5.67. The maximum Gasteiger partial charge on any atom is 0.163 e. The van der Waals surface area contributed by atoms with Gasteiger partial charge in [-0.2, -0.15) is 5.10 Å². The number of nitrogens with one attached hydrogen (secondary N) is 2. The molecule has 6 nitrogen and oxygen atoms in total. The van der Waals surface area contributed by atoms with Crippen molar-refractivity contribution in [3.8, 4) is 0 Å². The summed E-state index contributed by atoms with van der Waals surface area (Å²) in [6.45, 7) is 2.79. The van der Waals surface area contributed by atoms with Crippen LogP contribution in [-0.4, -0.2) is 31.3 Å². The summed E-state index contributed by atoms with van der Waals surface area (Å²) in [5.41, 5.74) is 4.28. The molecule has 2 N–H and O–H groups in total. The van der Waals surface area contributed by atoms with Gasteiger partial charge in [0.1, 0.15) is 12.1 Å². The van der Waals surface area contributed by atoms with Gasteiger partial charge in [-0.15, -0.1) is 0 Å². The normalized spacial score (nSPS) is 11.4. The molecule has 0 bridgehead atoms. The van der Waals surface area contributed by atoms with Gasteiger partial charge in [0, 0.05) is 30.7 Å². The van der Waals surface area contributed by atoms with E-state index in [1.807, 2.05) is 20.0 Å². The first-order chi connectivity index (χ1) is 11.2. The Hall–Kier alpha value is -2.89. The lowest BCUT2D eigenvalue weighted by Gasteiger charge is -2.06. The number of aromatic nitrogens is 5. The van der Waals surface area contributed by atoms with Crippen LogP contribution in [0.25, 0.3) is 21.9 Å². The lowest BCUT2D eigenvalue weighted by Crippen LogP contribution is -2.07. The summed E-state index contributed by atoms with van der Waals surface area (Å²) in [5, 5.41) is 10.1. The van der Waals surface area contributed by atoms with Crippen molar-refractivity contribution < 1.29 is 0 Å². The minimum atomic E-state index is 0.808. The monoisotopic (exact) mass is 306 g/mol. The van der Waals surface area contributed by atoms with Crippen molar-refractivity contribution in [2.75, 3.05) is 11.9 Å². The van der Waals surface area contributed by atoms with Gasteiger partial charge in [0.15, 0.2) is 5.65 Å². The Morgan fingerprint density at radius 3 is 3.00 bits per heavy atom. The minimum Gasteiger partial charge on any atom is -0.369 e. The molecule has 0 spiro atoms. The van der Waals surface area contributed by atoms with E-state index in [1.54, 1.807) is 11.0 Å². The predicted molar refractivity (Wildman–Crippen MR) is 91.5 cm³/mol. The third kappa shape index (κ3) is 2.32. The smallest absolute Gasteiger partial charge is 0.163 e. The molecule has 116 valence electrons. The molecule has 0 aliphatic heterocycles. The summed E-state index contributed by atoms with van der Waals surface area (Å²) < 4.78 is 1.79. The van der Waals surface area contributed by atoms with Crippen LogP contribution in [0.2, 0.25) is 0 Å². The van der Waals surface area contributed by atoms with Gasteiger partial charge in [-0.3, -0.25) is 4.68 Å². The van der Waals surface area contributed by atoms with E-state index in [9.17, 15) is 0 Å². The van der Waals surface area contributed by atoms with Gasteiger partial charge in [-0.1, -0.05) is 18.2 Å². The molecular weight excluding hydrogens is 288 g/mol. The standard InChI is InChI=1S/C17H18N6/c1-11-15-16(20-10-21-17(15)23(2)22-11)18-8-7-12-9-19-14-6-4-3-5-13(12)14/h3-6,9-10,19H,7-8H2,1-2H3,(H,18,20,21). The van der Waals surface area contributed by atoms with E-state index < -0.39 is 0 Å².